The van der Waals surface area contributed by atoms with Crippen LogP contribution >= 0.6 is 15.9 Å². The van der Waals surface area contributed by atoms with Crippen molar-refractivity contribution >= 4 is 15.9 Å². The molecule has 0 aromatic heterocycles. The second-order valence-electron chi connectivity index (χ2n) is 5.48. The van der Waals surface area contributed by atoms with Crippen molar-refractivity contribution in [2.45, 2.75) is 45.1 Å². The predicted molar refractivity (Wildman–Crippen MR) is 83.7 cm³/mol. The van der Waals surface area contributed by atoms with Gasteiger partial charge in [-0.2, -0.15) is 0 Å². The zero-order valence-corrected chi connectivity index (χ0v) is 13.3. The first kappa shape index (κ1) is 14.9. The van der Waals surface area contributed by atoms with E-state index in [0.717, 1.165) is 29.3 Å². The number of hydrogen-bond acceptors (Lipinski definition) is 2. The molecule has 1 aliphatic carbocycles. The Morgan fingerprint density at radius 1 is 1.16 bits per heavy atom. The minimum atomic E-state index is 0.677. The number of ether oxygens (including phenoxy) is 1. The fraction of sp³-hybridized carbons (Fsp3) is 0.625. The number of hydrogen-bond donors (Lipinski definition) is 1. The van der Waals surface area contributed by atoms with Gasteiger partial charge in [-0.25, -0.2) is 0 Å². The second-order valence-corrected chi connectivity index (χ2v) is 6.39. The smallest absolute Gasteiger partial charge is 0.119 e. The molecule has 1 aromatic rings. The van der Waals surface area contributed by atoms with Crippen molar-refractivity contribution in [3.05, 3.63) is 28.7 Å². The van der Waals surface area contributed by atoms with Crippen LogP contribution in [0.1, 0.15) is 39.0 Å². The molecule has 2 unspecified atom stereocenters. The molecule has 106 valence electrons. The maximum Gasteiger partial charge on any atom is 0.119 e. The summed E-state index contributed by atoms with van der Waals surface area (Å²) < 4.78 is 6.82. The van der Waals surface area contributed by atoms with Crippen LogP contribution < -0.4 is 10.1 Å². The third-order valence-electron chi connectivity index (χ3n) is 3.95. The van der Waals surface area contributed by atoms with E-state index in [1.165, 1.54) is 32.1 Å². The van der Waals surface area contributed by atoms with Crippen molar-refractivity contribution < 1.29 is 4.74 Å². The van der Waals surface area contributed by atoms with Crippen LogP contribution in [0, 0.1) is 5.92 Å². The minimum Gasteiger partial charge on any atom is -0.492 e. The molecule has 0 bridgehead atoms. The highest BCUT2D eigenvalue weighted by Gasteiger charge is 2.18. The fourth-order valence-electron chi connectivity index (χ4n) is 2.74. The largest absolute Gasteiger partial charge is 0.492 e. The maximum atomic E-state index is 5.74. The van der Waals surface area contributed by atoms with Crippen LogP contribution in [0.25, 0.3) is 0 Å². The molecule has 0 heterocycles. The maximum absolute atomic E-state index is 5.74. The van der Waals surface area contributed by atoms with Crippen LogP contribution in [0.15, 0.2) is 28.7 Å². The summed E-state index contributed by atoms with van der Waals surface area (Å²) in [6.07, 6.45) is 6.85. The molecule has 0 spiro atoms. The molecule has 0 saturated heterocycles. The van der Waals surface area contributed by atoms with Crippen LogP contribution in [-0.2, 0) is 0 Å². The van der Waals surface area contributed by atoms with Crippen LogP contribution in [0.2, 0.25) is 0 Å². The van der Waals surface area contributed by atoms with E-state index in [1.807, 2.05) is 24.3 Å². The van der Waals surface area contributed by atoms with Crippen LogP contribution in [0.3, 0.4) is 0 Å². The molecule has 1 fully saturated rings. The van der Waals surface area contributed by atoms with Gasteiger partial charge in [0.25, 0.3) is 0 Å². The highest BCUT2D eigenvalue weighted by atomic mass is 79.9. The van der Waals surface area contributed by atoms with Crippen molar-refractivity contribution in [2.24, 2.45) is 5.92 Å². The van der Waals surface area contributed by atoms with Crippen LogP contribution in [0.4, 0.5) is 0 Å². The second kappa shape index (κ2) is 7.91. The van der Waals surface area contributed by atoms with Crippen LogP contribution in [0.5, 0.6) is 5.75 Å². The van der Waals surface area contributed by atoms with Gasteiger partial charge in [0.05, 0.1) is 0 Å². The van der Waals surface area contributed by atoms with Crippen LogP contribution in [-0.4, -0.2) is 19.2 Å². The summed E-state index contributed by atoms with van der Waals surface area (Å²) >= 11 is 3.43. The van der Waals surface area contributed by atoms with Crippen molar-refractivity contribution in [1.29, 1.82) is 0 Å². The lowest BCUT2D eigenvalue weighted by Crippen LogP contribution is -2.36. The molecule has 3 heteroatoms. The Balaban J connectivity index is 1.67. The predicted octanol–water partition coefficient (Wildman–Crippen LogP) is 4.39. The molecule has 2 nitrogen and oxygen atoms in total. The first-order chi connectivity index (χ1) is 9.25. The van der Waals surface area contributed by atoms with Gasteiger partial charge in [-0.15, -0.1) is 0 Å². The summed E-state index contributed by atoms with van der Waals surface area (Å²) in [4.78, 5) is 0. The molecule has 1 aromatic carbocycles. The highest BCUT2D eigenvalue weighted by Crippen LogP contribution is 2.22. The molecular weight excluding hydrogens is 302 g/mol. The summed E-state index contributed by atoms with van der Waals surface area (Å²) in [6.45, 7) is 4.05. The molecular formula is C16H24BrNO. The Morgan fingerprint density at radius 2 is 1.89 bits per heavy atom. The number of halogens is 1. The van der Waals surface area contributed by atoms with E-state index < -0.39 is 0 Å². The van der Waals surface area contributed by atoms with Gasteiger partial charge in [-0.1, -0.05) is 42.1 Å². The van der Waals surface area contributed by atoms with E-state index in [4.69, 9.17) is 4.74 Å². The van der Waals surface area contributed by atoms with Gasteiger partial charge >= 0.3 is 0 Å². The third-order valence-corrected chi connectivity index (χ3v) is 4.48. The van der Waals surface area contributed by atoms with Crippen molar-refractivity contribution in [2.75, 3.05) is 13.2 Å². The standard InChI is InChI=1S/C16H24BrNO/c1-13-5-3-2-4-6-16(13)18-11-12-19-15-9-7-14(17)8-10-15/h7-10,13,16,18H,2-6,11-12H2,1H3. The van der Waals surface area contributed by atoms with Gasteiger partial charge in [-0.05, 0) is 43.0 Å². The Morgan fingerprint density at radius 3 is 2.68 bits per heavy atom. The van der Waals surface area contributed by atoms with E-state index in [9.17, 15) is 0 Å². The van der Waals surface area contributed by atoms with Gasteiger partial charge in [0, 0.05) is 17.1 Å². The normalized spacial score (nSPS) is 23.9. The molecule has 1 aliphatic rings. The lowest BCUT2D eigenvalue weighted by Gasteiger charge is -2.22. The monoisotopic (exact) mass is 325 g/mol. The molecule has 19 heavy (non-hydrogen) atoms. The van der Waals surface area contributed by atoms with E-state index >= 15 is 0 Å². The lowest BCUT2D eigenvalue weighted by atomic mass is 9.97. The van der Waals surface area contributed by atoms with Gasteiger partial charge in [-0.3, -0.25) is 0 Å². The van der Waals surface area contributed by atoms with Gasteiger partial charge in [0.1, 0.15) is 12.4 Å². The number of rotatable bonds is 5. The summed E-state index contributed by atoms with van der Waals surface area (Å²) in [5.74, 6) is 1.74. The SMILES string of the molecule is CC1CCCCCC1NCCOc1ccc(Br)cc1. The molecule has 0 amide bonds. The topological polar surface area (TPSA) is 21.3 Å². The van der Waals surface area contributed by atoms with Gasteiger partial charge < -0.3 is 10.1 Å². The molecule has 2 rings (SSSR count). The minimum absolute atomic E-state index is 0.677. The van der Waals surface area contributed by atoms with E-state index in [1.54, 1.807) is 0 Å². The van der Waals surface area contributed by atoms with Crippen molar-refractivity contribution in [3.8, 4) is 5.75 Å². The first-order valence-corrected chi connectivity index (χ1v) is 8.17. The number of benzene rings is 1. The van der Waals surface area contributed by atoms with Crippen molar-refractivity contribution in [1.82, 2.24) is 5.32 Å². The fourth-order valence-corrected chi connectivity index (χ4v) is 3.00. The summed E-state index contributed by atoms with van der Waals surface area (Å²) in [6, 6.07) is 8.69. The third kappa shape index (κ3) is 5.15. The Labute approximate surface area is 125 Å². The van der Waals surface area contributed by atoms with E-state index in [0.29, 0.717) is 6.04 Å². The van der Waals surface area contributed by atoms with Crippen molar-refractivity contribution in [3.63, 3.8) is 0 Å². The quantitative estimate of drug-likeness (QED) is 0.640. The summed E-state index contributed by atoms with van der Waals surface area (Å²) in [5.41, 5.74) is 0. The zero-order valence-electron chi connectivity index (χ0n) is 11.7. The zero-order chi connectivity index (χ0) is 13.5. The van der Waals surface area contributed by atoms with Gasteiger partial charge in [0.2, 0.25) is 0 Å². The molecule has 1 saturated carbocycles. The Hall–Kier alpha value is -0.540. The van der Waals surface area contributed by atoms with E-state index in [-0.39, 0.29) is 0 Å². The molecule has 1 N–H and O–H groups in total. The van der Waals surface area contributed by atoms with E-state index in [2.05, 4.69) is 28.2 Å². The first-order valence-electron chi connectivity index (χ1n) is 7.37. The van der Waals surface area contributed by atoms with Gasteiger partial charge in [0.15, 0.2) is 0 Å². The molecule has 2 atom stereocenters. The number of nitrogens with one attached hydrogen (secondary N) is 1. The lowest BCUT2D eigenvalue weighted by molar-refractivity contribution is 0.283. The average molecular weight is 326 g/mol. The highest BCUT2D eigenvalue weighted by molar-refractivity contribution is 9.10. The Kier molecular flexibility index (Phi) is 6.18. The average Bonchev–Trinajstić information content (AvgIpc) is 2.62. The molecule has 0 radical (unpaired) electrons. The summed E-state index contributed by atoms with van der Waals surface area (Å²) in [5, 5.41) is 3.66. The Bertz CT molecular complexity index is 366. The molecule has 0 aliphatic heterocycles. The summed E-state index contributed by atoms with van der Waals surface area (Å²) in [7, 11) is 0.